The molecule has 1 aromatic heterocycles. The van der Waals surface area contributed by atoms with Crippen LogP contribution >= 0.6 is 0 Å². The van der Waals surface area contributed by atoms with Crippen LogP contribution in [0.1, 0.15) is 12.6 Å². The lowest BCUT2D eigenvalue weighted by molar-refractivity contribution is -0.146. The lowest BCUT2D eigenvalue weighted by Gasteiger charge is -2.19. The van der Waals surface area contributed by atoms with E-state index in [9.17, 15) is 9.59 Å². The molecule has 0 aliphatic rings. The lowest BCUT2D eigenvalue weighted by atomic mass is 10.1. The molecule has 0 fully saturated rings. The maximum atomic E-state index is 11.1. The number of nitrogens with one attached hydrogen (secondary N) is 1. The van der Waals surface area contributed by atoms with Gasteiger partial charge in [-0.3, -0.25) is 4.79 Å². The maximum Gasteiger partial charge on any atom is 0.328 e. The van der Waals surface area contributed by atoms with Crippen molar-refractivity contribution >= 4 is 11.9 Å². The molecule has 0 unspecified atom stereocenters. The van der Waals surface area contributed by atoms with Crippen LogP contribution in [0.15, 0.2) is 12.5 Å². The third-order valence-electron chi connectivity index (χ3n) is 2.00. The van der Waals surface area contributed by atoms with Gasteiger partial charge in [-0.25, -0.2) is 14.7 Å². The fraction of sp³-hybridized carbons (Fsp3) is 0.333. The molecule has 2 N–H and O–H groups in total. The standard InChI is InChI=1S/C9H10N4O3/c1-6(14)13(4-10)8(9(15)16)2-7-3-11-5-12-7/h3,5,8H,2H2,1H3,(H,11,12)(H,15,16)/t8-/m0/s1. The summed E-state index contributed by atoms with van der Waals surface area (Å²) in [5.74, 6) is -1.84. The number of nitriles is 1. The molecular weight excluding hydrogens is 212 g/mol. The number of rotatable bonds is 4. The molecular formula is C9H10N4O3. The van der Waals surface area contributed by atoms with E-state index in [1.54, 1.807) is 6.19 Å². The molecule has 1 rings (SSSR count). The molecule has 1 atom stereocenters. The first-order valence-electron chi connectivity index (χ1n) is 4.46. The highest BCUT2D eigenvalue weighted by Gasteiger charge is 2.28. The highest BCUT2D eigenvalue weighted by Crippen LogP contribution is 2.06. The fourth-order valence-corrected chi connectivity index (χ4v) is 1.25. The van der Waals surface area contributed by atoms with E-state index in [0.717, 1.165) is 6.92 Å². The second kappa shape index (κ2) is 4.93. The van der Waals surface area contributed by atoms with Crippen molar-refractivity contribution in [2.45, 2.75) is 19.4 Å². The number of aromatic amines is 1. The number of carbonyl (C=O) groups excluding carboxylic acids is 1. The van der Waals surface area contributed by atoms with Crippen molar-refractivity contribution in [2.24, 2.45) is 0 Å². The van der Waals surface area contributed by atoms with Crippen LogP contribution in [0.2, 0.25) is 0 Å². The number of aliphatic carboxylic acids is 1. The first kappa shape index (κ1) is 11.7. The predicted molar refractivity (Wildman–Crippen MR) is 51.8 cm³/mol. The Morgan fingerprint density at radius 2 is 2.44 bits per heavy atom. The Balaban J connectivity index is 2.87. The number of imidazole rings is 1. The number of nitrogens with zero attached hydrogens (tertiary/aromatic N) is 3. The van der Waals surface area contributed by atoms with Gasteiger partial charge in [0, 0.05) is 19.5 Å². The predicted octanol–water partition coefficient (Wildman–Crippen LogP) is -0.265. The van der Waals surface area contributed by atoms with Crippen molar-refractivity contribution in [3.05, 3.63) is 18.2 Å². The van der Waals surface area contributed by atoms with Crippen LogP contribution in [0.5, 0.6) is 0 Å². The van der Waals surface area contributed by atoms with Crippen molar-refractivity contribution in [1.82, 2.24) is 14.9 Å². The van der Waals surface area contributed by atoms with Crippen LogP contribution < -0.4 is 0 Å². The van der Waals surface area contributed by atoms with Gasteiger partial charge in [0.2, 0.25) is 5.91 Å². The van der Waals surface area contributed by atoms with Crippen LogP contribution in [-0.2, 0) is 16.0 Å². The van der Waals surface area contributed by atoms with Gasteiger partial charge in [0.25, 0.3) is 0 Å². The summed E-state index contributed by atoms with van der Waals surface area (Å²) in [6.07, 6.45) is 4.47. The number of hydrogen-bond donors (Lipinski definition) is 2. The molecule has 0 spiro atoms. The van der Waals surface area contributed by atoms with Crippen molar-refractivity contribution in [3.63, 3.8) is 0 Å². The van der Waals surface area contributed by atoms with E-state index in [-0.39, 0.29) is 6.42 Å². The average Bonchev–Trinajstić information content (AvgIpc) is 2.69. The fourth-order valence-electron chi connectivity index (χ4n) is 1.25. The Morgan fingerprint density at radius 3 is 2.81 bits per heavy atom. The smallest absolute Gasteiger partial charge is 0.328 e. The zero-order chi connectivity index (χ0) is 12.1. The molecule has 7 nitrogen and oxygen atoms in total. The van der Waals surface area contributed by atoms with E-state index in [4.69, 9.17) is 10.4 Å². The van der Waals surface area contributed by atoms with Crippen molar-refractivity contribution in [3.8, 4) is 6.19 Å². The van der Waals surface area contributed by atoms with Gasteiger partial charge in [-0.2, -0.15) is 5.26 Å². The van der Waals surface area contributed by atoms with Crippen molar-refractivity contribution < 1.29 is 14.7 Å². The second-order valence-corrected chi connectivity index (χ2v) is 3.11. The van der Waals surface area contributed by atoms with E-state index in [1.807, 2.05) is 0 Å². The molecule has 84 valence electrons. The summed E-state index contributed by atoms with van der Waals surface area (Å²) in [5.41, 5.74) is 0.480. The molecule has 1 aromatic rings. The highest BCUT2D eigenvalue weighted by atomic mass is 16.4. The monoisotopic (exact) mass is 222 g/mol. The SMILES string of the molecule is CC(=O)N(C#N)[C@@H](Cc1c[nH]cn1)C(=O)O. The van der Waals surface area contributed by atoms with Gasteiger partial charge >= 0.3 is 5.97 Å². The zero-order valence-electron chi connectivity index (χ0n) is 8.54. The topological polar surface area (TPSA) is 110 Å². The summed E-state index contributed by atoms with van der Waals surface area (Å²) < 4.78 is 0. The van der Waals surface area contributed by atoms with E-state index in [0.29, 0.717) is 10.6 Å². The number of carboxylic acids is 1. The summed E-state index contributed by atoms with van der Waals surface area (Å²) in [6, 6.07) is -1.22. The molecule has 16 heavy (non-hydrogen) atoms. The minimum atomic E-state index is -1.24. The zero-order valence-corrected chi connectivity index (χ0v) is 8.54. The molecule has 0 aromatic carbocycles. The molecule has 1 amide bonds. The molecule has 0 bridgehead atoms. The second-order valence-electron chi connectivity index (χ2n) is 3.11. The van der Waals surface area contributed by atoms with Gasteiger partial charge in [0.15, 0.2) is 6.19 Å². The number of carbonyl (C=O) groups is 2. The average molecular weight is 222 g/mol. The summed E-state index contributed by atoms with van der Waals surface area (Å²) >= 11 is 0. The van der Waals surface area contributed by atoms with Crippen LogP contribution in [-0.4, -0.2) is 37.9 Å². The number of amides is 1. The van der Waals surface area contributed by atoms with Crippen molar-refractivity contribution in [2.75, 3.05) is 0 Å². The van der Waals surface area contributed by atoms with E-state index >= 15 is 0 Å². The molecule has 0 saturated heterocycles. The van der Waals surface area contributed by atoms with E-state index in [2.05, 4.69) is 9.97 Å². The minimum Gasteiger partial charge on any atom is -0.480 e. The first-order chi connectivity index (χ1) is 7.56. The third-order valence-corrected chi connectivity index (χ3v) is 2.00. The Labute approximate surface area is 91.3 Å². The molecule has 1 heterocycles. The number of H-pyrrole nitrogens is 1. The minimum absolute atomic E-state index is 0.00796. The maximum absolute atomic E-state index is 11.1. The van der Waals surface area contributed by atoms with Crippen LogP contribution in [0, 0.1) is 11.5 Å². The van der Waals surface area contributed by atoms with Gasteiger partial charge in [-0.1, -0.05) is 0 Å². The highest BCUT2D eigenvalue weighted by molar-refractivity contribution is 5.83. The van der Waals surface area contributed by atoms with Crippen LogP contribution in [0.4, 0.5) is 0 Å². The largest absolute Gasteiger partial charge is 0.480 e. The molecule has 0 aliphatic heterocycles. The number of hydrogen-bond acceptors (Lipinski definition) is 4. The first-order valence-corrected chi connectivity index (χ1v) is 4.46. The van der Waals surface area contributed by atoms with E-state index in [1.165, 1.54) is 12.5 Å². The summed E-state index contributed by atoms with van der Waals surface area (Å²) in [5, 5.41) is 17.6. The molecule has 0 aliphatic carbocycles. The lowest BCUT2D eigenvalue weighted by Crippen LogP contribution is -2.42. The number of aromatic nitrogens is 2. The molecule has 0 radical (unpaired) electrons. The van der Waals surface area contributed by atoms with Gasteiger partial charge in [0.05, 0.1) is 12.0 Å². The quantitative estimate of drug-likeness (QED) is 0.538. The number of carboxylic acid groups (broad SMARTS) is 1. The molecule has 7 heteroatoms. The third kappa shape index (κ3) is 2.57. The van der Waals surface area contributed by atoms with Crippen LogP contribution in [0.25, 0.3) is 0 Å². The van der Waals surface area contributed by atoms with E-state index < -0.39 is 17.9 Å². The summed E-state index contributed by atoms with van der Waals surface area (Å²) in [6.45, 7) is 1.14. The molecule has 0 saturated carbocycles. The Bertz CT molecular complexity index is 420. The van der Waals surface area contributed by atoms with Gasteiger partial charge < -0.3 is 10.1 Å². The van der Waals surface area contributed by atoms with Gasteiger partial charge in [-0.15, -0.1) is 0 Å². The summed E-state index contributed by atoms with van der Waals surface area (Å²) in [4.78, 5) is 29.1. The van der Waals surface area contributed by atoms with Crippen molar-refractivity contribution in [1.29, 1.82) is 5.26 Å². The Morgan fingerprint density at radius 1 is 1.75 bits per heavy atom. The Hall–Kier alpha value is -2.36. The Kier molecular flexibility index (Phi) is 3.61. The normalized spacial score (nSPS) is 11.5. The van der Waals surface area contributed by atoms with Crippen LogP contribution in [0.3, 0.4) is 0 Å². The van der Waals surface area contributed by atoms with Gasteiger partial charge in [-0.05, 0) is 0 Å². The van der Waals surface area contributed by atoms with Gasteiger partial charge in [0.1, 0.15) is 6.04 Å². The summed E-state index contributed by atoms with van der Waals surface area (Å²) in [7, 11) is 0.